The van der Waals surface area contributed by atoms with E-state index in [4.69, 9.17) is 20.0 Å². The smallest absolute Gasteiger partial charge is 0.410 e. The molecule has 0 spiro atoms. The van der Waals surface area contributed by atoms with Crippen LogP contribution < -0.4 is 5.73 Å². The predicted octanol–water partition coefficient (Wildman–Crippen LogP) is 3.79. The minimum atomic E-state index is -0.504. The molecule has 0 radical (unpaired) electrons. The molecule has 1 unspecified atom stereocenters. The summed E-state index contributed by atoms with van der Waals surface area (Å²) in [5.41, 5.74) is 6.65. The standard InChI is InChI=1S/C18H24N4O2.C11H20N2O4/c1-18(2,3)24-17(23)21-10-14(11-21)16(13-7-5-4-6-8-13)22-12-15(19)9-20-22;1-11(2,3)17-10(15)13-6-8(7-13)9(14)12(4)16-5/h4-9,12,14,16H,10-11,19H2,1-3H3;8H,6-7H2,1-5H3. The van der Waals surface area contributed by atoms with Crippen molar-refractivity contribution in [2.24, 2.45) is 11.8 Å². The summed E-state index contributed by atoms with van der Waals surface area (Å²) in [6.45, 7) is 13.1. The molecule has 12 nitrogen and oxygen atoms in total. The maximum Gasteiger partial charge on any atom is 0.410 e. The van der Waals surface area contributed by atoms with Gasteiger partial charge in [0.25, 0.3) is 5.91 Å². The Labute approximate surface area is 242 Å². The second-order valence-electron chi connectivity index (χ2n) is 12.4. The highest BCUT2D eigenvalue weighted by atomic mass is 16.7. The fourth-order valence-electron chi connectivity index (χ4n) is 4.44. The average Bonchev–Trinajstić information content (AvgIpc) is 3.23. The van der Waals surface area contributed by atoms with Crippen molar-refractivity contribution in [3.63, 3.8) is 0 Å². The van der Waals surface area contributed by atoms with Crippen molar-refractivity contribution in [3.05, 3.63) is 48.3 Å². The summed E-state index contributed by atoms with van der Waals surface area (Å²) in [7, 11) is 2.99. The number of rotatable bonds is 5. The van der Waals surface area contributed by atoms with Gasteiger partial charge in [-0.25, -0.2) is 14.7 Å². The Bertz CT molecular complexity index is 1180. The van der Waals surface area contributed by atoms with Crippen LogP contribution in [0, 0.1) is 11.8 Å². The van der Waals surface area contributed by atoms with Crippen LogP contribution in [0.1, 0.15) is 53.1 Å². The topological polar surface area (TPSA) is 132 Å². The lowest BCUT2D eigenvalue weighted by Gasteiger charge is -2.43. The molecule has 12 heteroatoms. The van der Waals surface area contributed by atoms with Gasteiger partial charge in [-0.3, -0.25) is 14.3 Å². The number of hydrogen-bond donors (Lipinski definition) is 1. The van der Waals surface area contributed by atoms with Crippen LogP contribution in [-0.2, 0) is 19.1 Å². The molecule has 3 amide bonds. The Morgan fingerprint density at radius 3 is 1.88 bits per heavy atom. The van der Waals surface area contributed by atoms with Gasteiger partial charge < -0.3 is 25.0 Å². The normalized spacial score (nSPS) is 16.5. The first-order valence-corrected chi connectivity index (χ1v) is 13.7. The maximum atomic E-state index is 12.1. The van der Waals surface area contributed by atoms with Crippen LogP contribution in [-0.4, -0.2) is 94.3 Å². The van der Waals surface area contributed by atoms with Gasteiger partial charge in [0.2, 0.25) is 0 Å². The summed E-state index contributed by atoms with van der Waals surface area (Å²) in [6, 6.07) is 10.2. The molecule has 2 saturated heterocycles. The third kappa shape index (κ3) is 8.84. The van der Waals surface area contributed by atoms with Crippen LogP contribution in [0.3, 0.4) is 0 Å². The van der Waals surface area contributed by atoms with E-state index in [9.17, 15) is 14.4 Å². The van der Waals surface area contributed by atoms with E-state index < -0.39 is 11.2 Å². The number of likely N-dealkylation sites (tertiary alicyclic amines) is 2. The minimum Gasteiger partial charge on any atom is -0.444 e. The molecule has 4 rings (SSSR count). The molecule has 0 saturated carbocycles. The monoisotopic (exact) mass is 572 g/mol. The Hall–Kier alpha value is -3.80. The third-order valence-electron chi connectivity index (χ3n) is 6.52. The largest absolute Gasteiger partial charge is 0.444 e. The van der Waals surface area contributed by atoms with Gasteiger partial charge in [0.1, 0.15) is 11.2 Å². The molecule has 1 atom stereocenters. The van der Waals surface area contributed by atoms with Crippen molar-refractivity contribution >= 4 is 23.8 Å². The van der Waals surface area contributed by atoms with Crippen molar-refractivity contribution in [2.45, 2.75) is 58.8 Å². The van der Waals surface area contributed by atoms with Crippen LogP contribution in [0.5, 0.6) is 0 Å². The van der Waals surface area contributed by atoms with Gasteiger partial charge in [-0.15, -0.1) is 0 Å². The molecular formula is C29H44N6O6. The summed E-state index contributed by atoms with van der Waals surface area (Å²) < 4.78 is 12.5. The number of aromatic nitrogens is 2. The lowest BCUT2D eigenvalue weighted by atomic mass is 9.87. The number of carbonyl (C=O) groups excluding carboxylic acids is 3. The van der Waals surface area contributed by atoms with E-state index in [-0.39, 0.29) is 36.0 Å². The second kappa shape index (κ2) is 12.8. The van der Waals surface area contributed by atoms with Crippen molar-refractivity contribution < 1.29 is 28.7 Å². The molecule has 1 aromatic heterocycles. The quantitative estimate of drug-likeness (QED) is 0.535. The highest BCUT2D eigenvalue weighted by Crippen LogP contribution is 2.34. The van der Waals surface area contributed by atoms with Crippen LogP contribution in [0.15, 0.2) is 42.7 Å². The zero-order valence-electron chi connectivity index (χ0n) is 25.4. The molecule has 226 valence electrons. The molecule has 3 heterocycles. The first kappa shape index (κ1) is 31.7. The first-order valence-electron chi connectivity index (χ1n) is 13.7. The van der Waals surface area contributed by atoms with Crippen molar-refractivity contribution in [2.75, 3.05) is 46.1 Å². The number of hydrogen-bond acceptors (Lipinski definition) is 8. The molecule has 0 bridgehead atoms. The van der Waals surface area contributed by atoms with E-state index in [1.54, 1.807) is 18.1 Å². The minimum absolute atomic E-state index is 0.0576. The number of amides is 3. The van der Waals surface area contributed by atoms with Gasteiger partial charge >= 0.3 is 12.2 Å². The SMILES string of the molecule is CC(C)(C)OC(=O)N1CC(C(c2ccccc2)n2cc(N)cn2)C1.CON(C)C(=O)C1CN(C(=O)OC(C)(C)C)C1. The van der Waals surface area contributed by atoms with Crippen LogP contribution in [0.25, 0.3) is 0 Å². The number of ether oxygens (including phenoxy) is 2. The van der Waals surface area contributed by atoms with Gasteiger partial charge in [0, 0.05) is 45.3 Å². The fraction of sp³-hybridized carbons (Fsp3) is 0.586. The lowest BCUT2D eigenvalue weighted by molar-refractivity contribution is -0.178. The Morgan fingerprint density at radius 1 is 0.927 bits per heavy atom. The van der Waals surface area contributed by atoms with E-state index in [0.717, 1.165) is 5.56 Å². The number of benzene rings is 1. The molecule has 41 heavy (non-hydrogen) atoms. The number of carbonyl (C=O) groups is 3. The summed E-state index contributed by atoms with van der Waals surface area (Å²) in [5.74, 6) is -0.0287. The van der Waals surface area contributed by atoms with Crippen molar-refractivity contribution in [3.8, 4) is 0 Å². The second-order valence-corrected chi connectivity index (χ2v) is 12.4. The van der Waals surface area contributed by atoms with Crippen molar-refractivity contribution in [1.82, 2.24) is 24.6 Å². The van der Waals surface area contributed by atoms with E-state index in [1.807, 2.05) is 70.6 Å². The molecule has 0 aliphatic carbocycles. The third-order valence-corrected chi connectivity index (χ3v) is 6.52. The maximum absolute atomic E-state index is 12.1. The molecule has 2 N–H and O–H groups in total. The molecular weight excluding hydrogens is 528 g/mol. The highest BCUT2D eigenvalue weighted by molar-refractivity contribution is 5.81. The highest BCUT2D eigenvalue weighted by Gasteiger charge is 2.40. The Kier molecular flexibility index (Phi) is 9.90. The Morgan fingerprint density at radius 2 is 1.44 bits per heavy atom. The summed E-state index contributed by atoms with van der Waals surface area (Å²) in [4.78, 5) is 43.4. The predicted molar refractivity (Wildman–Crippen MR) is 154 cm³/mol. The Balaban J connectivity index is 0.000000241. The number of nitrogens with two attached hydrogens (primary N) is 1. The van der Waals surface area contributed by atoms with E-state index in [1.165, 1.54) is 17.1 Å². The average molecular weight is 573 g/mol. The van der Waals surface area contributed by atoms with E-state index >= 15 is 0 Å². The van der Waals surface area contributed by atoms with Gasteiger partial charge in [0.15, 0.2) is 0 Å². The number of hydroxylamine groups is 2. The van der Waals surface area contributed by atoms with Crippen molar-refractivity contribution in [1.29, 1.82) is 0 Å². The van der Waals surface area contributed by atoms with Gasteiger partial charge in [-0.05, 0) is 47.1 Å². The molecule has 2 aromatic rings. The van der Waals surface area contributed by atoms with Gasteiger partial charge in [-0.1, -0.05) is 30.3 Å². The fourth-order valence-corrected chi connectivity index (χ4v) is 4.44. The zero-order valence-corrected chi connectivity index (χ0v) is 25.4. The van der Waals surface area contributed by atoms with Gasteiger partial charge in [0.05, 0.1) is 31.0 Å². The molecule has 1 aromatic carbocycles. The summed E-state index contributed by atoms with van der Waals surface area (Å²) >= 11 is 0. The summed E-state index contributed by atoms with van der Waals surface area (Å²) in [6.07, 6.45) is 2.86. The molecule has 2 aliphatic rings. The lowest BCUT2D eigenvalue weighted by Crippen LogP contribution is -2.56. The van der Waals surface area contributed by atoms with Crippen LogP contribution >= 0.6 is 0 Å². The van der Waals surface area contributed by atoms with E-state index in [2.05, 4.69) is 17.2 Å². The number of nitrogens with zero attached hydrogens (tertiary/aromatic N) is 5. The molecule has 2 fully saturated rings. The van der Waals surface area contributed by atoms with Gasteiger partial charge in [-0.2, -0.15) is 5.10 Å². The zero-order chi connectivity index (χ0) is 30.5. The van der Waals surface area contributed by atoms with Crippen LogP contribution in [0.4, 0.5) is 15.3 Å². The summed E-state index contributed by atoms with van der Waals surface area (Å²) in [5, 5.41) is 5.56. The molecule has 2 aliphatic heterocycles. The van der Waals surface area contributed by atoms with E-state index in [0.29, 0.717) is 31.9 Å². The van der Waals surface area contributed by atoms with Crippen LogP contribution in [0.2, 0.25) is 0 Å². The number of nitrogen functional groups attached to an aromatic ring is 1. The number of anilines is 1. The first-order chi connectivity index (χ1) is 19.1.